The van der Waals surface area contributed by atoms with Gasteiger partial charge in [0.1, 0.15) is 17.4 Å². The first-order valence-corrected chi connectivity index (χ1v) is 7.58. The van der Waals surface area contributed by atoms with Crippen molar-refractivity contribution in [3.63, 3.8) is 0 Å². The van der Waals surface area contributed by atoms with Crippen molar-refractivity contribution in [1.29, 1.82) is 0 Å². The number of ether oxygens (including phenoxy) is 2. The van der Waals surface area contributed by atoms with E-state index in [4.69, 9.17) is 9.47 Å². The Morgan fingerprint density at radius 1 is 1.38 bits per heavy atom. The van der Waals surface area contributed by atoms with E-state index < -0.39 is 5.54 Å². The van der Waals surface area contributed by atoms with Gasteiger partial charge in [-0.2, -0.15) is 0 Å². The van der Waals surface area contributed by atoms with Crippen LogP contribution in [0.4, 0.5) is 0 Å². The van der Waals surface area contributed by atoms with Gasteiger partial charge < -0.3 is 14.8 Å². The molecule has 1 saturated carbocycles. The summed E-state index contributed by atoms with van der Waals surface area (Å²) >= 11 is 0. The number of nitrogens with one attached hydrogen (secondary N) is 1. The maximum Gasteiger partial charge on any atom is 0.326 e. The normalized spacial score (nSPS) is 24.9. The Kier molecular flexibility index (Phi) is 4.88. The topological polar surface area (TPSA) is 47.6 Å². The van der Waals surface area contributed by atoms with E-state index in [0.29, 0.717) is 6.42 Å². The van der Waals surface area contributed by atoms with E-state index in [9.17, 15) is 4.79 Å². The number of carbonyl (C=O) groups is 1. The molecule has 0 bridgehead atoms. The van der Waals surface area contributed by atoms with Crippen LogP contribution in [0.1, 0.15) is 37.3 Å². The molecule has 1 aromatic rings. The standard InChI is InChI=1S/C17H25NO3/c1-5-18-17(16(19)20-4)9-8-15(11-17)21-14-7-6-12(2)13(3)10-14/h6-7,10,15,18H,5,8-9,11H2,1-4H3. The summed E-state index contributed by atoms with van der Waals surface area (Å²) in [6, 6.07) is 6.12. The molecule has 0 aromatic heterocycles. The molecule has 1 aliphatic rings. The molecule has 4 heteroatoms. The summed E-state index contributed by atoms with van der Waals surface area (Å²) in [5, 5.41) is 3.29. The van der Waals surface area contributed by atoms with Crippen LogP contribution in [0.25, 0.3) is 0 Å². The number of hydrogen-bond acceptors (Lipinski definition) is 4. The molecule has 0 amide bonds. The Morgan fingerprint density at radius 3 is 2.76 bits per heavy atom. The summed E-state index contributed by atoms with van der Waals surface area (Å²) < 4.78 is 11.0. The minimum atomic E-state index is -0.589. The zero-order valence-electron chi connectivity index (χ0n) is 13.4. The number of methoxy groups -OCH3 is 1. The Morgan fingerprint density at radius 2 is 2.14 bits per heavy atom. The van der Waals surface area contributed by atoms with E-state index >= 15 is 0 Å². The van der Waals surface area contributed by atoms with E-state index in [2.05, 4.69) is 31.3 Å². The van der Waals surface area contributed by atoms with Gasteiger partial charge in [0.2, 0.25) is 0 Å². The number of aryl methyl sites for hydroxylation is 2. The molecule has 1 N–H and O–H groups in total. The molecule has 2 atom stereocenters. The summed E-state index contributed by atoms with van der Waals surface area (Å²) in [5.74, 6) is 0.691. The van der Waals surface area contributed by atoms with Crippen molar-refractivity contribution in [2.75, 3.05) is 13.7 Å². The maximum absolute atomic E-state index is 12.1. The number of esters is 1. The lowest BCUT2D eigenvalue weighted by Gasteiger charge is -2.27. The third kappa shape index (κ3) is 3.38. The van der Waals surface area contributed by atoms with E-state index in [1.807, 2.05) is 13.0 Å². The minimum Gasteiger partial charge on any atom is -0.490 e. The number of rotatable bonds is 5. The highest BCUT2D eigenvalue weighted by molar-refractivity contribution is 5.81. The van der Waals surface area contributed by atoms with Crippen LogP contribution in [0.2, 0.25) is 0 Å². The van der Waals surface area contributed by atoms with E-state index in [0.717, 1.165) is 25.1 Å². The zero-order chi connectivity index (χ0) is 15.5. The minimum absolute atomic E-state index is 0.0465. The van der Waals surface area contributed by atoms with Gasteiger partial charge in [0, 0.05) is 6.42 Å². The van der Waals surface area contributed by atoms with Crippen molar-refractivity contribution >= 4 is 5.97 Å². The molecule has 2 rings (SSSR count). The first-order valence-electron chi connectivity index (χ1n) is 7.58. The molecule has 1 aliphatic carbocycles. The van der Waals surface area contributed by atoms with Crippen LogP contribution in [0, 0.1) is 13.8 Å². The van der Waals surface area contributed by atoms with Gasteiger partial charge in [0.25, 0.3) is 0 Å². The number of benzene rings is 1. The largest absolute Gasteiger partial charge is 0.490 e. The second-order valence-electron chi connectivity index (χ2n) is 5.83. The van der Waals surface area contributed by atoms with Gasteiger partial charge in [-0.05, 0) is 56.5 Å². The highest BCUT2D eigenvalue weighted by Crippen LogP contribution is 2.34. The van der Waals surface area contributed by atoms with Crippen molar-refractivity contribution in [3.05, 3.63) is 29.3 Å². The fraction of sp³-hybridized carbons (Fsp3) is 0.588. The van der Waals surface area contributed by atoms with Crippen LogP contribution in [0.15, 0.2) is 18.2 Å². The van der Waals surface area contributed by atoms with Crippen LogP contribution >= 0.6 is 0 Å². The number of hydrogen-bond donors (Lipinski definition) is 1. The third-order valence-electron chi connectivity index (χ3n) is 4.34. The monoisotopic (exact) mass is 291 g/mol. The first-order chi connectivity index (χ1) is 10.0. The second-order valence-corrected chi connectivity index (χ2v) is 5.83. The molecule has 1 aromatic carbocycles. The number of carbonyl (C=O) groups excluding carboxylic acids is 1. The Labute approximate surface area is 126 Å². The van der Waals surface area contributed by atoms with Crippen molar-refractivity contribution in [2.24, 2.45) is 0 Å². The molecular formula is C17H25NO3. The van der Waals surface area contributed by atoms with Gasteiger partial charge in [-0.1, -0.05) is 13.0 Å². The second kappa shape index (κ2) is 6.48. The molecule has 21 heavy (non-hydrogen) atoms. The molecule has 116 valence electrons. The highest BCUT2D eigenvalue weighted by Gasteiger charge is 2.46. The lowest BCUT2D eigenvalue weighted by Crippen LogP contribution is -2.51. The maximum atomic E-state index is 12.1. The van der Waals surface area contributed by atoms with Crippen LogP contribution in [0.5, 0.6) is 5.75 Å². The van der Waals surface area contributed by atoms with Crippen molar-refractivity contribution in [1.82, 2.24) is 5.32 Å². The quantitative estimate of drug-likeness (QED) is 0.847. The summed E-state index contributed by atoms with van der Waals surface area (Å²) in [7, 11) is 1.44. The molecule has 4 nitrogen and oxygen atoms in total. The third-order valence-corrected chi connectivity index (χ3v) is 4.34. The Balaban J connectivity index is 2.06. The predicted octanol–water partition coefficient (Wildman–Crippen LogP) is 2.76. The van der Waals surface area contributed by atoms with E-state index in [1.165, 1.54) is 18.2 Å². The Hall–Kier alpha value is -1.55. The summed E-state index contributed by atoms with van der Waals surface area (Å²) in [6.45, 7) is 6.91. The van der Waals surface area contributed by atoms with Gasteiger partial charge in [-0.15, -0.1) is 0 Å². The fourth-order valence-corrected chi connectivity index (χ4v) is 3.03. The van der Waals surface area contributed by atoms with Crippen molar-refractivity contribution in [2.45, 2.75) is 51.7 Å². The van der Waals surface area contributed by atoms with E-state index in [-0.39, 0.29) is 12.1 Å². The molecule has 0 heterocycles. The van der Waals surface area contributed by atoms with Gasteiger partial charge in [0.05, 0.1) is 7.11 Å². The van der Waals surface area contributed by atoms with Crippen LogP contribution in [0.3, 0.4) is 0 Å². The molecule has 0 aliphatic heterocycles. The van der Waals surface area contributed by atoms with Crippen LogP contribution in [-0.4, -0.2) is 31.3 Å². The summed E-state index contributed by atoms with van der Waals surface area (Å²) in [5.41, 5.74) is 1.88. The average Bonchev–Trinajstić information content (AvgIpc) is 2.87. The van der Waals surface area contributed by atoms with Gasteiger partial charge in [0.15, 0.2) is 0 Å². The smallest absolute Gasteiger partial charge is 0.326 e. The SMILES string of the molecule is CCNC1(C(=O)OC)CCC(Oc2ccc(C)c(C)c2)C1. The molecule has 0 saturated heterocycles. The average molecular weight is 291 g/mol. The van der Waals surface area contributed by atoms with E-state index in [1.54, 1.807) is 0 Å². The zero-order valence-corrected chi connectivity index (χ0v) is 13.4. The first kappa shape index (κ1) is 15.8. The van der Waals surface area contributed by atoms with Crippen molar-refractivity contribution < 1.29 is 14.3 Å². The fourth-order valence-electron chi connectivity index (χ4n) is 3.03. The lowest BCUT2D eigenvalue weighted by molar-refractivity contribution is -0.148. The molecule has 1 fully saturated rings. The molecule has 2 unspecified atom stereocenters. The van der Waals surface area contributed by atoms with Crippen LogP contribution < -0.4 is 10.1 Å². The number of likely N-dealkylation sites (N-methyl/N-ethyl adjacent to an activating group) is 1. The van der Waals surface area contributed by atoms with Gasteiger partial charge >= 0.3 is 5.97 Å². The van der Waals surface area contributed by atoms with Gasteiger partial charge in [-0.25, -0.2) is 0 Å². The van der Waals surface area contributed by atoms with Crippen LogP contribution in [-0.2, 0) is 9.53 Å². The molecule has 0 spiro atoms. The predicted molar refractivity (Wildman–Crippen MR) is 82.6 cm³/mol. The summed E-state index contributed by atoms with van der Waals surface area (Å²) in [6.07, 6.45) is 2.31. The van der Waals surface area contributed by atoms with Gasteiger partial charge in [-0.3, -0.25) is 4.79 Å². The highest BCUT2D eigenvalue weighted by atomic mass is 16.5. The molecular weight excluding hydrogens is 266 g/mol. The molecule has 0 radical (unpaired) electrons. The van der Waals surface area contributed by atoms with Crippen molar-refractivity contribution in [3.8, 4) is 5.75 Å². The summed E-state index contributed by atoms with van der Waals surface area (Å²) in [4.78, 5) is 12.1. The lowest BCUT2D eigenvalue weighted by atomic mass is 9.97. The Bertz CT molecular complexity index is 515.